The minimum Gasteiger partial charge on any atom is -0.452 e. The number of nitro groups is 1. The van der Waals surface area contributed by atoms with Crippen LogP contribution in [0.3, 0.4) is 0 Å². The molecule has 0 saturated heterocycles. The van der Waals surface area contributed by atoms with E-state index in [4.69, 9.17) is 16.3 Å². The maximum Gasteiger partial charge on any atom is 0.331 e. The lowest BCUT2D eigenvalue weighted by Gasteiger charge is -2.08. The summed E-state index contributed by atoms with van der Waals surface area (Å²) in [7, 11) is 0. The second-order valence-electron chi connectivity index (χ2n) is 7.55. The maximum absolute atomic E-state index is 12.2. The smallest absolute Gasteiger partial charge is 0.331 e. The summed E-state index contributed by atoms with van der Waals surface area (Å²) in [5.41, 5.74) is 3.59. The molecule has 10 heteroatoms. The molecule has 1 heterocycles. The largest absolute Gasteiger partial charge is 0.452 e. The number of benzene rings is 2. The molecule has 0 aliphatic heterocycles. The Morgan fingerprint density at radius 1 is 1.18 bits per heavy atom. The number of aryl methyl sites for hydroxylation is 2. The van der Waals surface area contributed by atoms with E-state index >= 15 is 0 Å². The summed E-state index contributed by atoms with van der Waals surface area (Å²) in [4.78, 5) is 34.9. The molecule has 9 nitrogen and oxygen atoms in total. The van der Waals surface area contributed by atoms with Crippen LogP contribution in [0.25, 0.3) is 6.08 Å². The van der Waals surface area contributed by atoms with E-state index in [1.54, 1.807) is 23.7 Å². The highest BCUT2D eigenvalue weighted by Crippen LogP contribution is 2.27. The second kappa shape index (κ2) is 10.8. The molecule has 1 aromatic heterocycles. The van der Waals surface area contributed by atoms with Crippen molar-refractivity contribution in [3.8, 4) is 0 Å². The Labute approximate surface area is 201 Å². The van der Waals surface area contributed by atoms with Crippen LogP contribution in [0.2, 0.25) is 5.02 Å². The number of carbonyl (C=O) groups is 2. The zero-order valence-corrected chi connectivity index (χ0v) is 19.6. The molecule has 1 amide bonds. The first-order chi connectivity index (χ1) is 16.2. The molecular formula is C24H23ClN4O5. The topological polar surface area (TPSA) is 116 Å². The molecule has 3 aromatic rings. The Balaban J connectivity index is 1.62. The van der Waals surface area contributed by atoms with Gasteiger partial charge in [-0.1, -0.05) is 41.9 Å². The van der Waals surface area contributed by atoms with Gasteiger partial charge in [0.15, 0.2) is 6.61 Å². The Morgan fingerprint density at radius 3 is 2.62 bits per heavy atom. The third kappa shape index (κ3) is 5.87. The van der Waals surface area contributed by atoms with Crippen LogP contribution in [0, 0.1) is 30.9 Å². The zero-order valence-electron chi connectivity index (χ0n) is 18.9. The fraction of sp³-hybridized carbons (Fsp3) is 0.208. The van der Waals surface area contributed by atoms with E-state index in [1.165, 1.54) is 18.2 Å². The molecule has 0 spiro atoms. The van der Waals surface area contributed by atoms with E-state index in [0.29, 0.717) is 17.1 Å². The highest BCUT2D eigenvalue weighted by atomic mass is 35.5. The number of para-hydroxylation sites is 1. The van der Waals surface area contributed by atoms with Crippen LogP contribution in [0.1, 0.15) is 28.1 Å². The van der Waals surface area contributed by atoms with Crippen molar-refractivity contribution >= 4 is 40.9 Å². The van der Waals surface area contributed by atoms with Crippen LogP contribution in [0.15, 0.2) is 48.5 Å². The molecule has 0 aliphatic rings. The summed E-state index contributed by atoms with van der Waals surface area (Å²) in [5, 5.41) is 18.8. The van der Waals surface area contributed by atoms with Crippen molar-refractivity contribution in [1.82, 2.24) is 9.78 Å². The van der Waals surface area contributed by atoms with Crippen LogP contribution in [-0.2, 0) is 20.9 Å². The van der Waals surface area contributed by atoms with Gasteiger partial charge in [-0.3, -0.25) is 19.6 Å². The maximum atomic E-state index is 12.2. The SMILES string of the molecule is Cc1cccc([N+](=O)[O-])c1NC(=O)COC(=O)/C=C/c1c(C)nn(Cc2ccccc2Cl)c1C. The van der Waals surface area contributed by atoms with Crippen LogP contribution >= 0.6 is 11.6 Å². The fourth-order valence-corrected chi connectivity index (χ4v) is 3.57. The minimum absolute atomic E-state index is 0.0706. The standard InChI is InChI=1S/C24H23ClN4O5/c1-15-7-6-10-21(29(32)33)24(15)26-22(30)14-34-23(31)12-11-19-16(2)27-28(17(19)3)13-18-8-4-5-9-20(18)25/h4-12H,13-14H2,1-3H3,(H,26,30)/b12-11+. The first kappa shape index (κ1) is 24.7. The number of carbonyl (C=O) groups excluding carboxylic acids is 2. The number of halogens is 1. The van der Waals surface area contributed by atoms with E-state index in [-0.39, 0.29) is 11.4 Å². The number of ether oxygens (including phenoxy) is 1. The number of nitrogens with zero attached hydrogens (tertiary/aromatic N) is 3. The van der Waals surface area contributed by atoms with E-state index in [9.17, 15) is 19.7 Å². The van der Waals surface area contributed by atoms with E-state index in [2.05, 4.69) is 10.4 Å². The predicted octanol–water partition coefficient (Wildman–Crippen LogP) is 4.61. The van der Waals surface area contributed by atoms with Gasteiger partial charge in [0.25, 0.3) is 11.6 Å². The molecule has 34 heavy (non-hydrogen) atoms. The molecule has 0 radical (unpaired) electrons. The summed E-state index contributed by atoms with van der Waals surface area (Å²) in [5.74, 6) is -1.41. The molecule has 0 saturated carbocycles. The van der Waals surface area contributed by atoms with Gasteiger partial charge in [0.1, 0.15) is 5.69 Å². The highest BCUT2D eigenvalue weighted by Gasteiger charge is 2.18. The van der Waals surface area contributed by atoms with Gasteiger partial charge in [0.05, 0.1) is 17.2 Å². The van der Waals surface area contributed by atoms with Gasteiger partial charge < -0.3 is 10.1 Å². The average Bonchev–Trinajstić information content (AvgIpc) is 3.05. The summed E-state index contributed by atoms with van der Waals surface area (Å²) in [6.45, 7) is 5.23. The van der Waals surface area contributed by atoms with Crippen LogP contribution in [0.5, 0.6) is 0 Å². The number of esters is 1. The Hall–Kier alpha value is -3.98. The van der Waals surface area contributed by atoms with Gasteiger partial charge >= 0.3 is 5.97 Å². The second-order valence-corrected chi connectivity index (χ2v) is 7.96. The van der Waals surface area contributed by atoms with Crippen LogP contribution in [0.4, 0.5) is 11.4 Å². The van der Waals surface area contributed by atoms with Gasteiger partial charge in [-0.2, -0.15) is 5.10 Å². The lowest BCUT2D eigenvalue weighted by atomic mass is 10.1. The number of nitro benzene ring substituents is 1. The molecule has 0 fully saturated rings. The molecule has 0 unspecified atom stereocenters. The van der Waals surface area contributed by atoms with E-state index in [1.807, 2.05) is 38.1 Å². The molecule has 0 bridgehead atoms. The zero-order chi connectivity index (χ0) is 24.8. The molecular weight excluding hydrogens is 460 g/mol. The average molecular weight is 483 g/mol. The van der Waals surface area contributed by atoms with Gasteiger partial charge in [0, 0.05) is 28.4 Å². The summed E-state index contributed by atoms with van der Waals surface area (Å²) in [6, 6.07) is 11.9. The molecule has 176 valence electrons. The quantitative estimate of drug-likeness (QED) is 0.217. The van der Waals surface area contributed by atoms with Gasteiger partial charge in [-0.25, -0.2) is 4.79 Å². The Kier molecular flexibility index (Phi) is 7.80. The Morgan fingerprint density at radius 2 is 1.91 bits per heavy atom. The number of nitrogens with one attached hydrogen (secondary N) is 1. The fourth-order valence-electron chi connectivity index (χ4n) is 3.37. The van der Waals surface area contributed by atoms with Crippen LogP contribution < -0.4 is 5.32 Å². The van der Waals surface area contributed by atoms with Crippen molar-refractivity contribution in [2.75, 3.05) is 11.9 Å². The monoisotopic (exact) mass is 482 g/mol. The van der Waals surface area contributed by atoms with Gasteiger partial charge in [-0.15, -0.1) is 0 Å². The lowest BCUT2D eigenvalue weighted by molar-refractivity contribution is -0.384. The van der Waals surface area contributed by atoms with Gasteiger partial charge in [0.2, 0.25) is 0 Å². The highest BCUT2D eigenvalue weighted by molar-refractivity contribution is 6.31. The normalized spacial score (nSPS) is 10.9. The third-order valence-electron chi connectivity index (χ3n) is 5.16. The summed E-state index contributed by atoms with van der Waals surface area (Å²) < 4.78 is 6.78. The predicted molar refractivity (Wildman–Crippen MR) is 129 cm³/mol. The number of rotatable bonds is 8. The van der Waals surface area contributed by atoms with E-state index in [0.717, 1.165) is 22.5 Å². The number of hydrogen-bond donors (Lipinski definition) is 1. The van der Waals surface area contributed by atoms with Crippen molar-refractivity contribution in [1.29, 1.82) is 0 Å². The van der Waals surface area contributed by atoms with Crippen molar-refractivity contribution in [3.63, 3.8) is 0 Å². The molecule has 0 atom stereocenters. The minimum atomic E-state index is -0.730. The summed E-state index contributed by atoms with van der Waals surface area (Å²) in [6.07, 6.45) is 2.79. The van der Waals surface area contributed by atoms with Gasteiger partial charge in [-0.05, 0) is 44.0 Å². The number of anilines is 1. The molecule has 2 aromatic carbocycles. The van der Waals surface area contributed by atoms with Crippen molar-refractivity contribution in [3.05, 3.63) is 91.8 Å². The van der Waals surface area contributed by atoms with Crippen molar-refractivity contribution < 1.29 is 19.2 Å². The molecule has 1 N–H and O–H groups in total. The molecule has 0 aliphatic carbocycles. The molecule has 3 rings (SSSR count). The van der Waals surface area contributed by atoms with Crippen molar-refractivity contribution in [2.45, 2.75) is 27.3 Å². The number of hydrogen-bond acceptors (Lipinski definition) is 6. The Bertz CT molecular complexity index is 1280. The lowest BCUT2D eigenvalue weighted by Crippen LogP contribution is -2.21. The number of amides is 1. The first-order valence-corrected chi connectivity index (χ1v) is 10.7. The summed E-state index contributed by atoms with van der Waals surface area (Å²) >= 11 is 6.24. The number of aromatic nitrogens is 2. The van der Waals surface area contributed by atoms with E-state index < -0.39 is 23.4 Å². The first-order valence-electron chi connectivity index (χ1n) is 10.3. The van der Waals surface area contributed by atoms with Crippen molar-refractivity contribution in [2.24, 2.45) is 0 Å². The van der Waals surface area contributed by atoms with Crippen LogP contribution in [-0.4, -0.2) is 33.2 Å². The third-order valence-corrected chi connectivity index (χ3v) is 5.53.